The van der Waals surface area contributed by atoms with E-state index in [2.05, 4.69) is 21.6 Å². The van der Waals surface area contributed by atoms with Gasteiger partial charge in [0, 0.05) is 5.71 Å². The molecule has 0 bridgehead atoms. The second kappa shape index (κ2) is 2.41. The highest BCUT2D eigenvalue weighted by atomic mass is 15.4. The van der Waals surface area contributed by atoms with Crippen molar-refractivity contribution < 1.29 is 0 Å². The molecule has 0 aromatic carbocycles. The summed E-state index contributed by atoms with van der Waals surface area (Å²) < 4.78 is 0. The van der Waals surface area contributed by atoms with Gasteiger partial charge in [-0.25, -0.2) is 0 Å². The molecule has 15 heavy (non-hydrogen) atoms. The van der Waals surface area contributed by atoms with E-state index in [1.165, 1.54) is 0 Å². The molecular formula is C11H16N4. The number of nitrogens with zero attached hydrogens (tertiary/aromatic N) is 3. The van der Waals surface area contributed by atoms with Gasteiger partial charge in [0.15, 0.2) is 5.41 Å². The lowest BCUT2D eigenvalue weighted by Crippen LogP contribution is -2.53. The molecule has 0 radical (unpaired) electrons. The minimum atomic E-state index is -0.670. The van der Waals surface area contributed by atoms with Crippen molar-refractivity contribution in [3.05, 3.63) is 0 Å². The number of hydrazone groups is 1. The average molecular weight is 204 g/mol. The molecule has 2 heterocycles. The average Bonchev–Trinajstić information content (AvgIpc) is 2.46. The van der Waals surface area contributed by atoms with Crippen LogP contribution in [-0.4, -0.2) is 22.5 Å². The minimum Gasteiger partial charge on any atom is -0.302 e. The highest BCUT2D eigenvalue weighted by molar-refractivity contribution is 6.23. The first-order chi connectivity index (χ1) is 6.78. The predicted octanol–water partition coefficient (Wildman–Crippen LogP) is 1.49. The summed E-state index contributed by atoms with van der Waals surface area (Å²) in [4.78, 5) is 4.57. The van der Waals surface area contributed by atoms with Gasteiger partial charge in [-0.1, -0.05) is 0 Å². The summed E-state index contributed by atoms with van der Waals surface area (Å²) in [7, 11) is 0. The molecule has 0 saturated heterocycles. The molecule has 1 atom stereocenters. The summed E-state index contributed by atoms with van der Waals surface area (Å²) in [5, 5.41) is 13.8. The maximum absolute atomic E-state index is 9.51. The first kappa shape index (κ1) is 10.2. The van der Waals surface area contributed by atoms with Gasteiger partial charge in [-0.3, -0.25) is 4.99 Å². The second-order valence-electron chi connectivity index (χ2n) is 5.32. The third-order valence-electron chi connectivity index (χ3n) is 3.48. The zero-order valence-electron chi connectivity index (χ0n) is 9.84. The van der Waals surface area contributed by atoms with E-state index in [0.717, 1.165) is 11.4 Å². The van der Waals surface area contributed by atoms with Gasteiger partial charge in [0.2, 0.25) is 0 Å². The zero-order valence-corrected chi connectivity index (χ0v) is 9.84. The smallest absolute Gasteiger partial charge is 0.160 e. The monoisotopic (exact) mass is 204 g/mol. The Balaban J connectivity index is 2.69. The third kappa shape index (κ3) is 0.909. The Morgan fingerprint density at radius 1 is 1.27 bits per heavy atom. The van der Waals surface area contributed by atoms with Crippen molar-refractivity contribution in [3.8, 4) is 6.07 Å². The van der Waals surface area contributed by atoms with Crippen LogP contribution in [0.15, 0.2) is 10.1 Å². The molecule has 0 aliphatic carbocycles. The Morgan fingerprint density at radius 3 is 2.33 bits per heavy atom. The maximum atomic E-state index is 9.51. The Hall–Kier alpha value is -1.37. The molecule has 4 nitrogen and oxygen atoms in total. The van der Waals surface area contributed by atoms with Crippen LogP contribution in [0, 0.1) is 16.7 Å². The minimum absolute atomic E-state index is 0.361. The quantitative estimate of drug-likeness (QED) is 0.649. The fourth-order valence-corrected chi connectivity index (χ4v) is 2.71. The van der Waals surface area contributed by atoms with Crippen LogP contribution in [0.1, 0.15) is 34.6 Å². The summed E-state index contributed by atoms with van der Waals surface area (Å²) in [6, 6.07) is 2.41. The predicted molar refractivity (Wildman–Crippen MR) is 59.9 cm³/mol. The first-order valence-electron chi connectivity index (χ1n) is 5.12. The van der Waals surface area contributed by atoms with E-state index in [-0.39, 0.29) is 11.1 Å². The van der Waals surface area contributed by atoms with Crippen LogP contribution in [-0.2, 0) is 0 Å². The van der Waals surface area contributed by atoms with Crippen molar-refractivity contribution in [2.75, 3.05) is 0 Å². The zero-order chi connectivity index (χ0) is 11.5. The van der Waals surface area contributed by atoms with Crippen LogP contribution in [0.4, 0.5) is 0 Å². The van der Waals surface area contributed by atoms with Crippen LogP contribution in [0.2, 0.25) is 0 Å². The number of nitrogens with one attached hydrogen (secondary N) is 1. The Labute approximate surface area is 90.1 Å². The van der Waals surface area contributed by atoms with Gasteiger partial charge in [-0.2, -0.15) is 10.4 Å². The number of hydrogen-bond donors (Lipinski definition) is 1. The molecule has 0 aromatic heterocycles. The molecule has 0 amide bonds. The summed E-state index contributed by atoms with van der Waals surface area (Å²) in [6.07, 6.45) is 0. The van der Waals surface area contributed by atoms with E-state index in [4.69, 9.17) is 0 Å². The molecule has 0 aromatic rings. The fourth-order valence-electron chi connectivity index (χ4n) is 2.71. The lowest BCUT2D eigenvalue weighted by molar-refractivity contribution is 0.353. The molecule has 1 N–H and O–H groups in total. The lowest BCUT2D eigenvalue weighted by Gasteiger charge is -2.33. The van der Waals surface area contributed by atoms with E-state index < -0.39 is 5.41 Å². The van der Waals surface area contributed by atoms with Gasteiger partial charge in [0.25, 0.3) is 0 Å². The molecule has 0 unspecified atom stereocenters. The van der Waals surface area contributed by atoms with Gasteiger partial charge < -0.3 is 5.43 Å². The largest absolute Gasteiger partial charge is 0.302 e. The standard InChI is InChI=1S/C11H16N4/c1-7-11(6-12)8(9(2,3)13-7)14-15-10(11,4)5/h15H,1-5H3/t11-/m1/s1. The van der Waals surface area contributed by atoms with Crippen LogP contribution in [0.5, 0.6) is 0 Å². The van der Waals surface area contributed by atoms with E-state index in [0.29, 0.717) is 0 Å². The highest BCUT2D eigenvalue weighted by Gasteiger charge is 2.63. The Kier molecular flexibility index (Phi) is 1.63. The van der Waals surface area contributed by atoms with Crippen LogP contribution in [0.3, 0.4) is 0 Å². The summed E-state index contributed by atoms with van der Waals surface area (Å²) in [5.74, 6) is 0. The van der Waals surface area contributed by atoms with E-state index in [9.17, 15) is 5.26 Å². The Bertz CT molecular complexity index is 422. The second-order valence-corrected chi connectivity index (χ2v) is 5.32. The first-order valence-corrected chi connectivity index (χ1v) is 5.12. The molecule has 0 fully saturated rings. The summed E-state index contributed by atoms with van der Waals surface area (Å²) in [5.41, 5.74) is 3.36. The molecule has 4 heteroatoms. The van der Waals surface area contributed by atoms with Gasteiger partial charge in [0.05, 0.1) is 22.9 Å². The molecule has 80 valence electrons. The fraction of sp³-hybridized carbons (Fsp3) is 0.727. The van der Waals surface area contributed by atoms with Crippen LogP contribution >= 0.6 is 0 Å². The number of rotatable bonds is 0. The maximum Gasteiger partial charge on any atom is 0.160 e. The van der Waals surface area contributed by atoms with Crippen molar-refractivity contribution in [2.45, 2.75) is 45.7 Å². The van der Waals surface area contributed by atoms with Crippen molar-refractivity contribution in [1.82, 2.24) is 5.43 Å². The molecule has 0 spiro atoms. The van der Waals surface area contributed by atoms with Crippen LogP contribution in [0.25, 0.3) is 0 Å². The van der Waals surface area contributed by atoms with Gasteiger partial charge >= 0.3 is 0 Å². The van der Waals surface area contributed by atoms with Gasteiger partial charge in [0.1, 0.15) is 0 Å². The number of aliphatic imine (C=N–C) groups is 1. The van der Waals surface area contributed by atoms with Crippen molar-refractivity contribution in [2.24, 2.45) is 15.5 Å². The van der Waals surface area contributed by atoms with Crippen LogP contribution < -0.4 is 5.43 Å². The third-order valence-corrected chi connectivity index (χ3v) is 3.48. The van der Waals surface area contributed by atoms with E-state index >= 15 is 0 Å². The number of fused-ring (bicyclic) bond motifs is 1. The lowest BCUT2D eigenvalue weighted by atomic mass is 9.66. The topological polar surface area (TPSA) is 60.5 Å². The highest BCUT2D eigenvalue weighted by Crippen LogP contribution is 2.47. The number of hydrogen-bond acceptors (Lipinski definition) is 4. The van der Waals surface area contributed by atoms with E-state index in [1.54, 1.807) is 0 Å². The molecule has 2 aliphatic rings. The van der Waals surface area contributed by atoms with Gasteiger partial charge in [-0.15, -0.1) is 0 Å². The summed E-state index contributed by atoms with van der Waals surface area (Å²) >= 11 is 0. The van der Waals surface area contributed by atoms with Gasteiger partial charge in [-0.05, 0) is 34.6 Å². The van der Waals surface area contributed by atoms with Crippen molar-refractivity contribution in [3.63, 3.8) is 0 Å². The SMILES string of the molecule is CC1=NC(C)(C)C2=NNC(C)(C)[C@]12C#N. The molecular weight excluding hydrogens is 188 g/mol. The normalized spacial score (nSPS) is 34.9. The van der Waals surface area contributed by atoms with E-state index in [1.807, 2.05) is 34.6 Å². The Morgan fingerprint density at radius 2 is 1.87 bits per heavy atom. The summed E-state index contributed by atoms with van der Waals surface area (Å²) in [6.45, 7) is 9.90. The molecule has 2 aliphatic heterocycles. The number of nitriles is 1. The molecule has 2 rings (SSSR count). The molecule has 0 saturated carbocycles. The van der Waals surface area contributed by atoms with Crippen molar-refractivity contribution >= 4 is 11.4 Å². The van der Waals surface area contributed by atoms with Crippen molar-refractivity contribution in [1.29, 1.82) is 5.26 Å².